The minimum Gasteiger partial charge on any atom is -0.504 e. The zero-order valence-electron chi connectivity index (χ0n) is 15.3. The molecule has 2 aliphatic rings. The summed E-state index contributed by atoms with van der Waals surface area (Å²) in [7, 11) is -2.33. The molecule has 2 aromatic rings. The zero-order valence-corrected chi connectivity index (χ0v) is 19.3. The Bertz CT molecular complexity index is 1210. The van der Waals surface area contributed by atoms with Crippen LogP contribution in [0.2, 0.25) is 10.0 Å². The van der Waals surface area contributed by atoms with Crippen molar-refractivity contribution in [3.05, 3.63) is 33.6 Å². The average molecular weight is 508 g/mol. The summed E-state index contributed by atoms with van der Waals surface area (Å²) < 4.78 is 46.1. The van der Waals surface area contributed by atoms with Gasteiger partial charge in [0.05, 0.1) is 21.4 Å². The van der Waals surface area contributed by atoms with Gasteiger partial charge in [-0.25, -0.2) is 12.6 Å². The summed E-state index contributed by atoms with van der Waals surface area (Å²) in [5.41, 5.74) is 0.521. The smallest absolute Gasteiger partial charge is 0.269 e. The molecule has 3 N–H and O–H groups in total. The minimum absolute atomic E-state index is 0.0417. The fourth-order valence-electron chi connectivity index (χ4n) is 2.65. The lowest BCUT2D eigenvalue weighted by Crippen LogP contribution is -2.28. The fourth-order valence-corrected chi connectivity index (χ4v) is 6.44. The predicted octanol–water partition coefficient (Wildman–Crippen LogP) is 3.46. The van der Waals surface area contributed by atoms with Gasteiger partial charge in [0.15, 0.2) is 21.6 Å². The number of hydrogen-bond donors (Lipinski definition) is 3. The Morgan fingerprint density at radius 1 is 1.20 bits per heavy atom. The van der Waals surface area contributed by atoms with Gasteiger partial charge in [-0.1, -0.05) is 29.3 Å². The molecular weight excluding hydrogens is 493 g/mol. The highest BCUT2D eigenvalue weighted by Crippen LogP contribution is 2.41. The molecule has 1 aliphatic heterocycles. The molecule has 14 heteroatoms. The van der Waals surface area contributed by atoms with Crippen LogP contribution in [0.4, 0.5) is 11.4 Å². The van der Waals surface area contributed by atoms with Crippen molar-refractivity contribution in [3.63, 3.8) is 0 Å². The number of nitrogens with zero attached hydrogens (tertiary/aromatic N) is 3. The number of nitrogens with one attached hydrogen (secondary N) is 2. The number of halogens is 2. The Morgan fingerprint density at radius 3 is 2.47 bits per heavy atom. The molecule has 0 amide bonds. The molecule has 1 aromatic heterocycles. The largest absolute Gasteiger partial charge is 0.504 e. The first kappa shape index (κ1) is 21.5. The fraction of sp³-hybridized carbons (Fsp3) is 0.250. The first-order valence-corrected chi connectivity index (χ1v) is 12.7. The molecule has 1 atom stereocenters. The molecule has 1 aromatic carbocycles. The van der Waals surface area contributed by atoms with E-state index in [-0.39, 0.29) is 32.6 Å². The SMILES string of the molecule is CN(C1CC1)S(=O)(=O)c1scc(NC2=NS(=O)N=C2Nc2cccc(Cl)c2Cl)c1O. The molecule has 1 aliphatic carbocycles. The van der Waals surface area contributed by atoms with E-state index in [2.05, 4.69) is 19.4 Å². The third-order valence-electron chi connectivity index (χ3n) is 4.43. The Hall–Kier alpha value is -1.70. The van der Waals surface area contributed by atoms with Crippen molar-refractivity contribution in [1.82, 2.24) is 4.31 Å². The lowest BCUT2D eigenvalue weighted by molar-refractivity contribution is 0.445. The first-order valence-electron chi connectivity index (χ1n) is 8.55. The second-order valence-electron chi connectivity index (χ2n) is 6.50. The van der Waals surface area contributed by atoms with Crippen LogP contribution in [0, 0.1) is 0 Å². The summed E-state index contributed by atoms with van der Waals surface area (Å²) in [6.45, 7) is 0. The van der Waals surface area contributed by atoms with E-state index < -0.39 is 26.9 Å². The van der Waals surface area contributed by atoms with E-state index in [0.717, 1.165) is 24.2 Å². The van der Waals surface area contributed by atoms with E-state index in [9.17, 15) is 17.7 Å². The molecule has 0 bridgehead atoms. The van der Waals surface area contributed by atoms with E-state index in [4.69, 9.17) is 23.2 Å². The van der Waals surface area contributed by atoms with Crippen molar-refractivity contribution < 1.29 is 17.7 Å². The summed E-state index contributed by atoms with van der Waals surface area (Å²) in [6, 6.07) is 4.89. The van der Waals surface area contributed by atoms with Crippen molar-refractivity contribution in [2.24, 2.45) is 8.80 Å². The minimum atomic E-state index is -3.82. The summed E-state index contributed by atoms with van der Waals surface area (Å²) in [5.74, 6) is -0.285. The van der Waals surface area contributed by atoms with Crippen LogP contribution < -0.4 is 10.6 Å². The van der Waals surface area contributed by atoms with E-state index in [1.807, 2.05) is 0 Å². The molecule has 0 spiro atoms. The van der Waals surface area contributed by atoms with E-state index in [0.29, 0.717) is 10.7 Å². The number of rotatable bonds is 5. The summed E-state index contributed by atoms with van der Waals surface area (Å²) in [4.78, 5) is 0. The molecule has 0 saturated heterocycles. The lowest BCUT2D eigenvalue weighted by atomic mass is 10.3. The second-order valence-corrected chi connectivity index (χ2v) is 11.2. The molecule has 1 unspecified atom stereocenters. The van der Waals surface area contributed by atoms with Crippen molar-refractivity contribution in [2.45, 2.75) is 23.1 Å². The molecule has 0 radical (unpaired) electrons. The third kappa shape index (κ3) is 4.07. The van der Waals surface area contributed by atoms with E-state index in [1.54, 1.807) is 18.2 Å². The van der Waals surface area contributed by atoms with Crippen molar-refractivity contribution in [2.75, 3.05) is 17.7 Å². The van der Waals surface area contributed by atoms with E-state index >= 15 is 0 Å². The standard InChI is InChI=1S/C16H15Cl2N5O4S3/c1-23(8-5-6-8)30(26,27)16-13(24)11(7-28-16)20-15-14(21-29(25)22-15)19-10-4-2-3-9(17)12(10)18/h2-4,7-8,24H,5-6H2,1H3,(H,19,21)(H,20,22). The van der Waals surface area contributed by atoms with E-state index in [1.165, 1.54) is 16.7 Å². The Labute approximate surface area is 189 Å². The highest BCUT2D eigenvalue weighted by Gasteiger charge is 2.38. The van der Waals surface area contributed by atoms with Gasteiger partial charge in [0.2, 0.25) is 0 Å². The molecule has 9 nitrogen and oxygen atoms in total. The van der Waals surface area contributed by atoms with Gasteiger partial charge in [0.1, 0.15) is 0 Å². The highest BCUT2D eigenvalue weighted by atomic mass is 35.5. The van der Waals surface area contributed by atoms with Gasteiger partial charge in [-0.15, -0.1) is 20.1 Å². The summed E-state index contributed by atoms with van der Waals surface area (Å²) in [5, 5.41) is 18.2. The number of benzene rings is 1. The number of thiophene rings is 1. The predicted molar refractivity (Wildman–Crippen MR) is 121 cm³/mol. The maximum atomic E-state index is 12.7. The molecule has 1 saturated carbocycles. The Balaban J connectivity index is 1.57. The van der Waals surface area contributed by atoms with Crippen LogP contribution in [0.1, 0.15) is 12.8 Å². The van der Waals surface area contributed by atoms with Crippen molar-refractivity contribution in [1.29, 1.82) is 0 Å². The Kier molecular flexibility index (Phi) is 5.81. The van der Waals surface area contributed by atoms with Gasteiger partial charge in [-0.05, 0) is 25.0 Å². The molecule has 30 heavy (non-hydrogen) atoms. The lowest BCUT2D eigenvalue weighted by Gasteiger charge is -2.15. The third-order valence-corrected chi connectivity index (χ3v) is 9.32. The maximum Gasteiger partial charge on any atom is 0.269 e. The highest BCUT2D eigenvalue weighted by molar-refractivity contribution is 7.91. The van der Waals surface area contributed by atoms with Crippen LogP contribution in [0.3, 0.4) is 0 Å². The molecule has 4 rings (SSSR count). The van der Waals surface area contributed by atoms with Crippen LogP contribution >= 0.6 is 34.5 Å². The maximum absolute atomic E-state index is 12.7. The van der Waals surface area contributed by atoms with Gasteiger partial charge in [-0.2, -0.15) is 4.31 Å². The molecule has 2 heterocycles. The molecule has 160 valence electrons. The van der Waals surface area contributed by atoms with Crippen LogP contribution in [0.15, 0.2) is 36.6 Å². The van der Waals surface area contributed by atoms with Gasteiger partial charge >= 0.3 is 0 Å². The molecular formula is C16H15Cl2N5O4S3. The average Bonchev–Trinajstić information content (AvgIpc) is 3.39. The molecule has 1 fully saturated rings. The van der Waals surface area contributed by atoms with Crippen LogP contribution in [0.5, 0.6) is 5.75 Å². The van der Waals surface area contributed by atoms with Crippen molar-refractivity contribution >= 4 is 78.8 Å². The number of sulfonamides is 1. The van der Waals surface area contributed by atoms with Gasteiger partial charge in [-0.3, -0.25) is 0 Å². The Morgan fingerprint density at radius 2 is 1.83 bits per heavy atom. The topological polar surface area (TPSA) is 123 Å². The second kappa shape index (κ2) is 8.09. The van der Waals surface area contributed by atoms with Gasteiger partial charge in [0, 0.05) is 18.5 Å². The van der Waals surface area contributed by atoms with Crippen LogP contribution in [0.25, 0.3) is 0 Å². The van der Waals surface area contributed by atoms with Gasteiger partial charge in [0.25, 0.3) is 21.2 Å². The zero-order chi connectivity index (χ0) is 21.6. The number of aromatic hydroxyl groups is 1. The van der Waals surface area contributed by atoms with Crippen LogP contribution in [-0.2, 0) is 21.2 Å². The van der Waals surface area contributed by atoms with Crippen molar-refractivity contribution in [3.8, 4) is 5.75 Å². The normalized spacial score (nSPS) is 19.0. The van der Waals surface area contributed by atoms with Gasteiger partial charge < -0.3 is 15.7 Å². The summed E-state index contributed by atoms with van der Waals surface area (Å²) in [6.07, 6.45) is 1.60. The number of amidine groups is 2. The monoisotopic (exact) mass is 507 g/mol. The quantitative estimate of drug-likeness (QED) is 0.569. The number of anilines is 2. The first-order chi connectivity index (χ1) is 14.2. The number of hydrogen-bond acceptors (Lipinski definition) is 7. The summed E-state index contributed by atoms with van der Waals surface area (Å²) >= 11 is 11.1. The van der Waals surface area contributed by atoms with Crippen LogP contribution in [-0.4, -0.2) is 46.8 Å².